The molecule has 0 aliphatic heterocycles. The number of hydrogen-bond acceptors (Lipinski definition) is 2. The molecule has 4 heterocycles. The van der Waals surface area contributed by atoms with Crippen molar-refractivity contribution in [3.8, 4) is 24.2 Å². The molecule has 0 fully saturated rings. The van der Waals surface area contributed by atoms with Crippen molar-refractivity contribution in [2.75, 3.05) is 0 Å². The summed E-state index contributed by atoms with van der Waals surface area (Å²) < 4.78 is 3.42. The molecule has 4 nitrogen and oxygen atoms in total. The van der Waals surface area contributed by atoms with Gasteiger partial charge in [0.2, 0.25) is 0 Å². The van der Waals surface area contributed by atoms with Gasteiger partial charge < -0.3 is 0 Å². The number of pyridine rings is 2. The van der Waals surface area contributed by atoms with Gasteiger partial charge in [0, 0.05) is 5.56 Å². The highest BCUT2D eigenvalue weighted by atomic mass is 16.1. The summed E-state index contributed by atoms with van der Waals surface area (Å²) in [5.41, 5.74) is 6.31. The van der Waals surface area contributed by atoms with Crippen LogP contribution in [0, 0.1) is 31.1 Å². The van der Waals surface area contributed by atoms with Crippen LogP contribution in [0.4, 0.5) is 0 Å². The summed E-state index contributed by atoms with van der Waals surface area (Å²) in [4.78, 5) is 28.8. The molecule has 5 aromatic rings. The minimum absolute atomic E-state index is 0.162. The van der Waals surface area contributed by atoms with Crippen LogP contribution in [0.15, 0.2) is 58.1 Å². The van der Waals surface area contributed by atoms with Gasteiger partial charge in [-0.05, 0) is 86.1 Å². The van der Waals surface area contributed by atoms with Crippen LogP contribution in [-0.2, 0) is 12.8 Å². The Kier molecular flexibility index (Phi) is 9.68. The van der Waals surface area contributed by atoms with Gasteiger partial charge in [0.15, 0.2) is 0 Å². The lowest BCUT2D eigenvalue weighted by molar-refractivity contribution is 0.632. The number of rotatable bonds is 12. The van der Waals surface area contributed by atoms with Crippen LogP contribution in [0.5, 0.6) is 0 Å². The Morgan fingerprint density at radius 3 is 1.60 bits per heavy atom. The van der Waals surface area contributed by atoms with E-state index in [4.69, 9.17) is 6.42 Å². The van der Waals surface area contributed by atoms with Crippen LogP contribution in [0.3, 0.4) is 0 Å². The highest BCUT2D eigenvalue weighted by molar-refractivity contribution is 5.96. The Morgan fingerprint density at radius 2 is 1.09 bits per heavy atom. The fourth-order valence-electron chi connectivity index (χ4n) is 6.34. The van der Waals surface area contributed by atoms with Crippen LogP contribution in [-0.4, -0.2) is 8.80 Å². The van der Waals surface area contributed by atoms with E-state index in [2.05, 4.69) is 38.5 Å². The summed E-state index contributed by atoms with van der Waals surface area (Å²) in [6.07, 6.45) is 18.5. The van der Waals surface area contributed by atoms with E-state index < -0.39 is 0 Å². The quantitative estimate of drug-likeness (QED) is 0.112. The predicted molar refractivity (Wildman–Crippen MR) is 180 cm³/mol. The number of hydrogen-bond donors (Lipinski definition) is 0. The number of unbranched alkanes of at least 4 members (excludes halogenated alkanes) is 8. The van der Waals surface area contributed by atoms with Crippen LogP contribution >= 0.6 is 0 Å². The summed E-state index contributed by atoms with van der Waals surface area (Å²) in [5, 5.41) is 1.08. The standard InChI is InChI=1S/C39H42N2O2/c1-5-8-10-12-14-16-32-34-26-24-30(7-3)40(34)38(42)36-33(17-15-13-11-9-6-2)35-27-25-31(41(35)39(43)37(32)36)23-22-29-20-18-28(4)19-21-29/h3,18-21,24-27H,5-6,8-17H2,1-2,4H3. The fraction of sp³-hybridized carbons (Fsp3) is 0.385. The third-order valence-electron chi connectivity index (χ3n) is 8.66. The molecule has 0 N–H and O–H groups in total. The Bertz CT molecular complexity index is 1960. The molecule has 0 saturated carbocycles. The van der Waals surface area contributed by atoms with Crippen molar-refractivity contribution in [1.29, 1.82) is 0 Å². The summed E-state index contributed by atoms with van der Waals surface area (Å²) in [6, 6.07) is 15.7. The predicted octanol–water partition coefficient (Wildman–Crippen LogP) is 8.22. The topological polar surface area (TPSA) is 43.0 Å². The van der Waals surface area contributed by atoms with Gasteiger partial charge in [-0.1, -0.05) is 94.8 Å². The minimum atomic E-state index is -0.186. The van der Waals surface area contributed by atoms with Crippen LogP contribution in [0.1, 0.15) is 112 Å². The molecule has 0 atom stereocenters. The number of aryl methyl sites for hydroxylation is 3. The lowest BCUT2D eigenvalue weighted by Gasteiger charge is -2.15. The molecule has 0 amide bonds. The van der Waals surface area contributed by atoms with Gasteiger partial charge >= 0.3 is 0 Å². The van der Waals surface area contributed by atoms with Gasteiger partial charge in [-0.2, -0.15) is 0 Å². The summed E-state index contributed by atoms with van der Waals surface area (Å²) in [7, 11) is 0. The SMILES string of the molecule is C#Cc1ccc2c(CCCCCCC)c3c(=O)n4c(C#Cc5ccc(C)cc5)ccc4c(CCCCCCC)c3c(=O)n12. The molecule has 0 saturated heterocycles. The molecule has 220 valence electrons. The lowest BCUT2D eigenvalue weighted by Crippen LogP contribution is -2.25. The zero-order valence-electron chi connectivity index (χ0n) is 25.9. The third-order valence-corrected chi connectivity index (χ3v) is 8.66. The average molecular weight is 571 g/mol. The first-order valence-electron chi connectivity index (χ1n) is 16.1. The number of fused-ring (bicyclic) bond motifs is 3. The lowest BCUT2D eigenvalue weighted by atomic mass is 9.95. The highest BCUT2D eigenvalue weighted by Gasteiger charge is 2.23. The van der Waals surface area contributed by atoms with E-state index in [1.54, 1.807) is 8.80 Å². The van der Waals surface area contributed by atoms with Gasteiger partial charge in [0.25, 0.3) is 11.1 Å². The maximum Gasteiger partial charge on any atom is 0.264 e. The van der Waals surface area contributed by atoms with Crippen molar-refractivity contribution in [1.82, 2.24) is 8.80 Å². The fourth-order valence-corrected chi connectivity index (χ4v) is 6.34. The van der Waals surface area contributed by atoms with Crippen LogP contribution < -0.4 is 11.1 Å². The van der Waals surface area contributed by atoms with E-state index in [-0.39, 0.29) is 11.1 Å². The molecule has 0 aliphatic carbocycles. The van der Waals surface area contributed by atoms with Crippen molar-refractivity contribution >= 4 is 21.8 Å². The molecule has 0 spiro atoms. The molecular weight excluding hydrogens is 528 g/mol. The van der Waals surface area contributed by atoms with E-state index in [1.807, 2.05) is 48.5 Å². The van der Waals surface area contributed by atoms with Crippen LogP contribution in [0.2, 0.25) is 0 Å². The number of aromatic nitrogens is 2. The first-order valence-corrected chi connectivity index (χ1v) is 16.1. The summed E-state index contributed by atoms with van der Waals surface area (Å²) >= 11 is 0. The maximum atomic E-state index is 14.5. The second-order valence-electron chi connectivity index (χ2n) is 11.8. The molecular formula is C39H42N2O2. The molecule has 0 radical (unpaired) electrons. The zero-order valence-corrected chi connectivity index (χ0v) is 25.9. The second kappa shape index (κ2) is 13.8. The Balaban J connectivity index is 1.77. The normalized spacial score (nSPS) is 11.3. The Labute approximate surface area is 255 Å². The average Bonchev–Trinajstić information content (AvgIpc) is 3.64. The van der Waals surface area contributed by atoms with E-state index in [0.717, 1.165) is 79.1 Å². The molecule has 43 heavy (non-hydrogen) atoms. The van der Waals surface area contributed by atoms with Crippen molar-refractivity contribution in [3.05, 3.63) is 103 Å². The van der Waals surface area contributed by atoms with E-state index in [9.17, 15) is 9.59 Å². The molecule has 1 aromatic carbocycles. The van der Waals surface area contributed by atoms with Crippen LogP contribution in [0.25, 0.3) is 21.8 Å². The number of terminal acetylenes is 1. The van der Waals surface area contributed by atoms with E-state index in [0.29, 0.717) is 22.2 Å². The highest BCUT2D eigenvalue weighted by Crippen LogP contribution is 2.29. The van der Waals surface area contributed by atoms with Gasteiger partial charge in [-0.15, -0.1) is 6.42 Å². The van der Waals surface area contributed by atoms with E-state index >= 15 is 0 Å². The maximum absolute atomic E-state index is 14.5. The van der Waals surface area contributed by atoms with Gasteiger partial charge in [-0.3, -0.25) is 18.4 Å². The van der Waals surface area contributed by atoms with E-state index in [1.165, 1.54) is 31.2 Å². The zero-order chi connectivity index (χ0) is 30.3. The monoisotopic (exact) mass is 570 g/mol. The van der Waals surface area contributed by atoms with Crippen molar-refractivity contribution < 1.29 is 0 Å². The minimum Gasteiger partial charge on any atom is -0.269 e. The molecule has 4 aromatic heterocycles. The first kappa shape index (κ1) is 30.2. The number of benzene rings is 1. The Hall–Kier alpha value is -4.28. The van der Waals surface area contributed by atoms with Gasteiger partial charge in [0.1, 0.15) is 5.69 Å². The smallest absolute Gasteiger partial charge is 0.264 e. The van der Waals surface area contributed by atoms with Gasteiger partial charge in [0.05, 0.1) is 27.5 Å². The molecule has 4 heteroatoms. The van der Waals surface area contributed by atoms with Gasteiger partial charge in [-0.25, -0.2) is 0 Å². The van der Waals surface area contributed by atoms with Crippen molar-refractivity contribution in [2.24, 2.45) is 0 Å². The van der Waals surface area contributed by atoms with Crippen molar-refractivity contribution in [3.63, 3.8) is 0 Å². The molecule has 5 rings (SSSR count). The number of nitrogens with zero attached hydrogens (tertiary/aromatic N) is 2. The summed E-state index contributed by atoms with van der Waals surface area (Å²) in [5.74, 6) is 9.23. The summed E-state index contributed by atoms with van der Waals surface area (Å²) in [6.45, 7) is 6.47. The first-order chi connectivity index (χ1) is 21.0. The Morgan fingerprint density at radius 1 is 0.605 bits per heavy atom. The molecule has 0 unspecified atom stereocenters. The largest absolute Gasteiger partial charge is 0.269 e. The molecule has 0 bridgehead atoms. The molecule has 0 aliphatic rings. The second-order valence-corrected chi connectivity index (χ2v) is 11.8. The third kappa shape index (κ3) is 6.11. The van der Waals surface area contributed by atoms with Crippen molar-refractivity contribution in [2.45, 2.75) is 97.8 Å².